The maximum atomic E-state index is 12.5. The third-order valence-corrected chi connectivity index (χ3v) is 5.98. The Bertz CT molecular complexity index is 856. The Morgan fingerprint density at radius 3 is 2.43 bits per heavy atom. The topological polar surface area (TPSA) is 59.4 Å². The molecule has 0 aliphatic rings. The first-order valence-electron chi connectivity index (χ1n) is 7.02. The summed E-state index contributed by atoms with van der Waals surface area (Å²) in [6.07, 6.45) is 0. The number of sulfonamides is 1. The Morgan fingerprint density at radius 1 is 1.26 bits per heavy atom. The largest absolute Gasteiger partial charge is 0.351 e. The molecule has 0 aliphatic heterocycles. The number of rotatable bonds is 5. The Balaban J connectivity index is 2.25. The van der Waals surface area contributed by atoms with E-state index in [0.29, 0.717) is 10.6 Å². The molecule has 1 aromatic carbocycles. The Labute approximate surface area is 141 Å². The molecule has 0 saturated carbocycles. The summed E-state index contributed by atoms with van der Waals surface area (Å²) < 4.78 is 28.0. The second kappa shape index (κ2) is 6.47. The van der Waals surface area contributed by atoms with Crippen molar-refractivity contribution < 1.29 is 13.2 Å². The van der Waals surface area contributed by atoms with E-state index in [-0.39, 0.29) is 17.2 Å². The molecule has 5 nitrogen and oxygen atoms in total. The van der Waals surface area contributed by atoms with Crippen LogP contribution in [0.1, 0.15) is 21.7 Å². The van der Waals surface area contributed by atoms with Gasteiger partial charge in [0.05, 0.1) is 11.4 Å². The first-order valence-corrected chi connectivity index (χ1v) is 8.84. The van der Waals surface area contributed by atoms with E-state index in [0.717, 1.165) is 15.7 Å². The Kier molecular flexibility index (Phi) is 4.98. The molecular weight excluding hydrogens is 336 g/mol. The van der Waals surface area contributed by atoms with Gasteiger partial charge in [-0.15, -0.1) is 0 Å². The average Bonchev–Trinajstić information content (AvgIpc) is 2.74. The van der Waals surface area contributed by atoms with Gasteiger partial charge in [0, 0.05) is 36.1 Å². The maximum absolute atomic E-state index is 12.5. The minimum Gasteiger partial charge on any atom is -0.351 e. The lowest BCUT2D eigenvalue weighted by atomic mass is 10.1. The van der Waals surface area contributed by atoms with Crippen LogP contribution >= 0.6 is 11.6 Å². The number of hydrogen-bond acceptors (Lipinski definition) is 3. The number of nitrogens with zero attached hydrogens (tertiary/aromatic N) is 2. The highest BCUT2D eigenvalue weighted by Gasteiger charge is 2.25. The molecule has 2 rings (SSSR count). The molecule has 2 aromatic rings. The number of carbonyl (C=O) groups excluding carboxylic acids is 1. The monoisotopic (exact) mass is 354 g/mol. The van der Waals surface area contributed by atoms with Crippen LogP contribution in [0.15, 0.2) is 35.2 Å². The van der Waals surface area contributed by atoms with Crippen LogP contribution in [0.3, 0.4) is 0 Å². The predicted octanol–water partition coefficient (Wildman–Crippen LogP) is 2.80. The van der Waals surface area contributed by atoms with Gasteiger partial charge < -0.3 is 4.57 Å². The molecule has 0 bridgehead atoms. The lowest BCUT2D eigenvalue weighted by Gasteiger charge is -2.16. The Morgan fingerprint density at radius 2 is 1.91 bits per heavy atom. The molecule has 0 atom stereocenters. The molecule has 0 fully saturated rings. The summed E-state index contributed by atoms with van der Waals surface area (Å²) in [4.78, 5) is 12.5. The molecule has 0 aliphatic carbocycles. The predicted molar refractivity (Wildman–Crippen MR) is 90.5 cm³/mol. The first-order chi connectivity index (χ1) is 10.6. The van der Waals surface area contributed by atoms with Gasteiger partial charge in [0.15, 0.2) is 5.78 Å². The highest BCUT2D eigenvalue weighted by molar-refractivity contribution is 7.89. The van der Waals surface area contributed by atoms with Crippen LogP contribution in [0.5, 0.6) is 0 Å². The van der Waals surface area contributed by atoms with Crippen molar-refractivity contribution in [1.82, 2.24) is 8.87 Å². The number of hydrogen-bond donors (Lipinski definition) is 0. The second-order valence-corrected chi connectivity index (χ2v) is 7.97. The van der Waals surface area contributed by atoms with Crippen LogP contribution in [0.25, 0.3) is 0 Å². The maximum Gasteiger partial charge on any atom is 0.243 e. The molecule has 1 heterocycles. The van der Waals surface area contributed by atoms with Gasteiger partial charge in [-0.3, -0.25) is 4.79 Å². The smallest absolute Gasteiger partial charge is 0.243 e. The third-order valence-electron chi connectivity index (χ3n) is 3.95. The summed E-state index contributed by atoms with van der Waals surface area (Å²) in [5.74, 6) is -0.237. The van der Waals surface area contributed by atoms with E-state index >= 15 is 0 Å². The number of Topliss-reactive ketones (excluding diaryl/α,β-unsaturated/α-hetero) is 1. The quantitative estimate of drug-likeness (QED) is 0.776. The van der Waals surface area contributed by atoms with Crippen LogP contribution in [0.4, 0.5) is 0 Å². The van der Waals surface area contributed by atoms with Gasteiger partial charge in [-0.1, -0.05) is 17.7 Å². The number of benzene rings is 1. The molecule has 0 amide bonds. The lowest BCUT2D eigenvalue weighted by molar-refractivity contribution is 0.0972. The number of ketones is 1. The van der Waals surface area contributed by atoms with E-state index in [4.69, 9.17) is 11.6 Å². The van der Waals surface area contributed by atoms with Gasteiger partial charge in [-0.25, -0.2) is 8.42 Å². The molecule has 0 unspecified atom stereocenters. The summed E-state index contributed by atoms with van der Waals surface area (Å²) >= 11 is 5.85. The summed E-state index contributed by atoms with van der Waals surface area (Å²) in [7, 11) is -0.502. The molecule has 23 heavy (non-hydrogen) atoms. The number of aromatic nitrogens is 1. The molecule has 0 saturated heterocycles. The highest BCUT2D eigenvalue weighted by atomic mass is 35.5. The summed E-state index contributed by atoms with van der Waals surface area (Å²) in [5, 5.41) is 0.334. The minimum absolute atomic E-state index is 0.0706. The van der Waals surface area contributed by atoms with E-state index in [2.05, 4.69) is 0 Å². The second-order valence-electron chi connectivity index (χ2n) is 5.49. The normalized spacial score (nSPS) is 11.9. The Hall–Kier alpha value is -1.63. The fraction of sp³-hybridized carbons (Fsp3) is 0.312. The van der Waals surface area contributed by atoms with Crippen molar-refractivity contribution in [2.75, 3.05) is 13.6 Å². The van der Waals surface area contributed by atoms with E-state index in [1.165, 1.54) is 19.2 Å². The third kappa shape index (κ3) is 3.49. The zero-order chi connectivity index (χ0) is 17.4. The van der Waals surface area contributed by atoms with E-state index in [1.54, 1.807) is 18.2 Å². The number of carbonyl (C=O) groups is 1. The summed E-state index contributed by atoms with van der Waals surface area (Å²) in [6, 6.07) is 7.77. The van der Waals surface area contributed by atoms with Crippen LogP contribution < -0.4 is 0 Å². The first kappa shape index (κ1) is 17.7. The van der Waals surface area contributed by atoms with E-state index in [9.17, 15) is 13.2 Å². The molecular formula is C16H19ClN2O3S. The van der Waals surface area contributed by atoms with Crippen molar-refractivity contribution >= 4 is 27.4 Å². The molecule has 1 aromatic heterocycles. The van der Waals surface area contributed by atoms with Gasteiger partial charge in [-0.2, -0.15) is 4.31 Å². The van der Waals surface area contributed by atoms with Crippen molar-refractivity contribution in [3.63, 3.8) is 0 Å². The molecule has 0 N–H and O–H groups in total. The zero-order valence-corrected chi connectivity index (χ0v) is 15.1. The van der Waals surface area contributed by atoms with Gasteiger partial charge in [-0.05, 0) is 38.1 Å². The summed E-state index contributed by atoms with van der Waals surface area (Å²) in [6.45, 7) is 3.51. The van der Waals surface area contributed by atoms with Crippen LogP contribution in [0, 0.1) is 13.8 Å². The van der Waals surface area contributed by atoms with Gasteiger partial charge >= 0.3 is 0 Å². The minimum atomic E-state index is -3.76. The highest BCUT2D eigenvalue weighted by Crippen LogP contribution is 2.20. The fourth-order valence-corrected chi connectivity index (χ4v) is 3.75. The van der Waals surface area contributed by atoms with Crippen LogP contribution in [-0.2, 0) is 17.1 Å². The number of aryl methyl sites for hydroxylation is 1. The van der Waals surface area contributed by atoms with Crippen molar-refractivity contribution in [2.45, 2.75) is 18.7 Å². The van der Waals surface area contributed by atoms with Crippen molar-refractivity contribution in [3.8, 4) is 0 Å². The van der Waals surface area contributed by atoms with Gasteiger partial charge in [0.1, 0.15) is 0 Å². The van der Waals surface area contributed by atoms with E-state index < -0.39 is 10.0 Å². The van der Waals surface area contributed by atoms with Gasteiger partial charge in [0.25, 0.3) is 0 Å². The molecule has 0 spiro atoms. The zero-order valence-electron chi connectivity index (χ0n) is 13.5. The number of halogens is 1. The molecule has 7 heteroatoms. The van der Waals surface area contributed by atoms with Crippen molar-refractivity contribution in [1.29, 1.82) is 0 Å². The van der Waals surface area contributed by atoms with Crippen molar-refractivity contribution in [3.05, 3.63) is 52.3 Å². The number of likely N-dealkylation sites (N-methyl/N-ethyl adjacent to an activating group) is 1. The molecule has 0 radical (unpaired) electrons. The van der Waals surface area contributed by atoms with Crippen molar-refractivity contribution in [2.24, 2.45) is 7.05 Å². The standard InChI is InChI=1S/C16H19ClN2O3S/c1-11-8-15(12(2)19(11)4)16(20)10-18(3)23(21,22)14-7-5-6-13(17)9-14/h5-9H,10H2,1-4H3. The van der Waals surface area contributed by atoms with Crippen LogP contribution in [0.2, 0.25) is 5.02 Å². The summed E-state index contributed by atoms with van der Waals surface area (Å²) in [5.41, 5.74) is 2.31. The van der Waals surface area contributed by atoms with E-state index in [1.807, 2.05) is 25.5 Å². The van der Waals surface area contributed by atoms with Gasteiger partial charge in [0.2, 0.25) is 10.0 Å². The molecule has 124 valence electrons. The average molecular weight is 355 g/mol. The fourth-order valence-electron chi connectivity index (χ4n) is 2.32. The van der Waals surface area contributed by atoms with Crippen LogP contribution in [-0.4, -0.2) is 36.7 Å². The lowest BCUT2D eigenvalue weighted by Crippen LogP contribution is -2.32. The SMILES string of the molecule is Cc1cc(C(=O)CN(C)S(=O)(=O)c2cccc(Cl)c2)c(C)n1C.